The minimum Gasteiger partial charge on any atom is -0.390 e. The Kier molecular flexibility index (Phi) is 4.83. The second-order valence-electron chi connectivity index (χ2n) is 3.82. The van der Waals surface area contributed by atoms with Gasteiger partial charge in [0.25, 0.3) is 0 Å². The van der Waals surface area contributed by atoms with E-state index in [-0.39, 0.29) is 0 Å². The Hall–Kier alpha value is -0.630. The summed E-state index contributed by atoms with van der Waals surface area (Å²) >= 11 is 0. The highest BCUT2D eigenvalue weighted by Gasteiger charge is 2.10. The van der Waals surface area contributed by atoms with Crippen LogP contribution in [-0.4, -0.2) is 17.0 Å². The fraction of sp³-hybridized carbons (Fsp3) is 0.700. The van der Waals surface area contributed by atoms with Crippen LogP contribution in [0.3, 0.4) is 0 Å². The van der Waals surface area contributed by atoms with Gasteiger partial charge in [-0.05, 0) is 46.1 Å². The Morgan fingerprint density at radius 1 is 1.50 bits per heavy atom. The molecule has 1 N–H and O–H groups in total. The summed E-state index contributed by atoms with van der Waals surface area (Å²) in [6, 6.07) is 0. The monoisotopic (exact) mass is 170 g/mol. The molecule has 0 heterocycles. The lowest BCUT2D eigenvalue weighted by molar-refractivity contribution is -0.104. The van der Waals surface area contributed by atoms with Gasteiger partial charge in [-0.1, -0.05) is 5.57 Å². The van der Waals surface area contributed by atoms with Crippen LogP contribution in [0, 0.1) is 0 Å². The molecule has 0 saturated carbocycles. The summed E-state index contributed by atoms with van der Waals surface area (Å²) in [6.07, 6.45) is 4.98. The minimum absolute atomic E-state index is 0.582. The summed E-state index contributed by atoms with van der Waals surface area (Å²) in [6.45, 7) is 5.52. The molecule has 0 fully saturated rings. The maximum Gasteiger partial charge on any atom is 0.142 e. The standard InChI is InChI=1S/C10H18O2/c1-9(6-8-11)5-4-7-10(2,3)12/h6,8,12H,4-5,7H2,1-3H3. The number of aliphatic hydroxyl groups is 1. The van der Waals surface area contributed by atoms with E-state index in [2.05, 4.69) is 0 Å². The van der Waals surface area contributed by atoms with E-state index < -0.39 is 5.60 Å². The number of aldehydes is 1. The Morgan fingerprint density at radius 2 is 2.08 bits per heavy atom. The number of hydrogen-bond donors (Lipinski definition) is 1. The second kappa shape index (κ2) is 5.09. The first-order valence-corrected chi connectivity index (χ1v) is 4.29. The van der Waals surface area contributed by atoms with E-state index in [1.54, 1.807) is 19.9 Å². The summed E-state index contributed by atoms with van der Waals surface area (Å²) in [5.74, 6) is 0. The highest BCUT2D eigenvalue weighted by atomic mass is 16.3. The summed E-state index contributed by atoms with van der Waals surface area (Å²) < 4.78 is 0. The van der Waals surface area contributed by atoms with E-state index >= 15 is 0 Å². The van der Waals surface area contributed by atoms with Gasteiger partial charge in [-0.2, -0.15) is 0 Å². The highest BCUT2D eigenvalue weighted by molar-refractivity contribution is 5.65. The van der Waals surface area contributed by atoms with Gasteiger partial charge in [0, 0.05) is 0 Å². The molecule has 0 saturated heterocycles. The van der Waals surface area contributed by atoms with Crippen LogP contribution in [0.15, 0.2) is 11.6 Å². The van der Waals surface area contributed by atoms with Crippen LogP contribution in [0.2, 0.25) is 0 Å². The summed E-state index contributed by atoms with van der Waals surface area (Å²) in [7, 11) is 0. The van der Waals surface area contributed by atoms with Crippen LogP contribution in [0.5, 0.6) is 0 Å². The molecule has 0 bridgehead atoms. The van der Waals surface area contributed by atoms with Crippen LogP contribution in [0.1, 0.15) is 40.0 Å². The van der Waals surface area contributed by atoms with Crippen LogP contribution < -0.4 is 0 Å². The van der Waals surface area contributed by atoms with Crippen molar-refractivity contribution in [2.45, 2.75) is 45.6 Å². The molecule has 12 heavy (non-hydrogen) atoms. The highest BCUT2D eigenvalue weighted by Crippen LogP contribution is 2.14. The third-order valence-corrected chi connectivity index (χ3v) is 1.71. The quantitative estimate of drug-likeness (QED) is 0.506. The number of hydrogen-bond acceptors (Lipinski definition) is 2. The third-order valence-electron chi connectivity index (χ3n) is 1.71. The number of carbonyl (C=O) groups is 1. The van der Waals surface area contributed by atoms with Crippen LogP contribution in [-0.2, 0) is 4.79 Å². The Balaban J connectivity index is 3.57. The van der Waals surface area contributed by atoms with E-state index in [9.17, 15) is 9.90 Å². The summed E-state index contributed by atoms with van der Waals surface area (Å²) in [4.78, 5) is 10.0. The first kappa shape index (κ1) is 11.4. The average Bonchev–Trinajstić information content (AvgIpc) is 1.84. The van der Waals surface area contributed by atoms with Crippen molar-refractivity contribution in [1.82, 2.24) is 0 Å². The number of rotatable bonds is 5. The Labute approximate surface area is 74.3 Å². The fourth-order valence-corrected chi connectivity index (χ4v) is 0.999. The lowest BCUT2D eigenvalue weighted by Crippen LogP contribution is -2.17. The van der Waals surface area contributed by atoms with Gasteiger partial charge in [0.2, 0.25) is 0 Å². The summed E-state index contributed by atoms with van der Waals surface area (Å²) in [5.41, 5.74) is 0.496. The minimum atomic E-state index is -0.582. The smallest absolute Gasteiger partial charge is 0.142 e. The van der Waals surface area contributed by atoms with Gasteiger partial charge in [-0.15, -0.1) is 0 Å². The molecule has 0 radical (unpaired) electrons. The molecule has 0 aromatic heterocycles. The van der Waals surface area contributed by atoms with E-state index in [1.807, 2.05) is 6.92 Å². The van der Waals surface area contributed by atoms with E-state index in [0.717, 1.165) is 31.1 Å². The maximum atomic E-state index is 10.0. The van der Waals surface area contributed by atoms with Crippen molar-refractivity contribution in [3.8, 4) is 0 Å². The van der Waals surface area contributed by atoms with Crippen LogP contribution in [0.25, 0.3) is 0 Å². The molecule has 0 aliphatic heterocycles. The second-order valence-corrected chi connectivity index (χ2v) is 3.82. The normalized spacial score (nSPS) is 13.2. The molecule has 2 heteroatoms. The zero-order chi connectivity index (χ0) is 9.61. The number of carbonyl (C=O) groups excluding carboxylic acids is 1. The van der Waals surface area contributed by atoms with E-state index in [4.69, 9.17) is 0 Å². The van der Waals surface area contributed by atoms with Crippen molar-refractivity contribution in [3.63, 3.8) is 0 Å². The molecule has 2 nitrogen and oxygen atoms in total. The molecule has 0 aromatic carbocycles. The van der Waals surface area contributed by atoms with Gasteiger partial charge < -0.3 is 5.11 Å². The molecule has 0 aromatic rings. The summed E-state index contributed by atoms with van der Waals surface area (Å²) in [5, 5.41) is 9.37. The average molecular weight is 170 g/mol. The van der Waals surface area contributed by atoms with Crippen molar-refractivity contribution in [2.75, 3.05) is 0 Å². The van der Waals surface area contributed by atoms with Gasteiger partial charge in [-0.3, -0.25) is 4.79 Å². The molecule has 0 aliphatic carbocycles. The largest absolute Gasteiger partial charge is 0.390 e. The van der Waals surface area contributed by atoms with Crippen molar-refractivity contribution in [2.24, 2.45) is 0 Å². The molecule has 0 amide bonds. The van der Waals surface area contributed by atoms with Gasteiger partial charge in [0.1, 0.15) is 6.29 Å². The maximum absolute atomic E-state index is 10.0. The van der Waals surface area contributed by atoms with Crippen molar-refractivity contribution in [3.05, 3.63) is 11.6 Å². The van der Waals surface area contributed by atoms with Gasteiger partial charge in [-0.25, -0.2) is 0 Å². The topological polar surface area (TPSA) is 37.3 Å². The zero-order valence-electron chi connectivity index (χ0n) is 8.13. The zero-order valence-corrected chi connectivity index (χ0v) is 8.13. The van der Waals surface area contributed by atoms with Crippen LogP contribution in [0.4, 0.5) is 0 Å². The predicted octanol–water partition coefficient (Wildman–Crippen LogP) is 2.07. The van der Waals surface area contributed by atoms with E-state index in [0.29, 0.717) is 0 Å². The molecule has 0 rings (SSSR count). The van der Waals surface area contributed by atoms with Gasteiger partial charge in [0.05, 0.1) is 5.60 Å². The molecule has 0 spiro atoms. The molecular formula is C10H18O2. The lowest BCUT2D eigenvalue weighted by atomic mass is 9.99. The van der Waals surface area contributed by atoms with Crippen LogP contribution >= 0.6 is 0 Å². The van der Waals surface area contributed by atoms with Crippen molar-refractivity contribution in [1.29, 1.82) is 0 Å². The van der Waals surface area contributed by atoms with Crippen molar-refractivity contribution < 1.29 is 9.90 Å². The first-order chi connectivity index (χ1) is 5.45. The fourth-order valence-electron chi connectivity index (χ4n) is 0.999. The lowest BCUT2D eigenvalue weighted by Gasteiger charge is -2.16. The Bertz CT molecular complexity index is 163. The molecule has 0 aliphatic rings. The molecule has 0 unspecified atom stereocenters. The number of allylic oxidation sites excluding steroid dienone is 2. The SMILES string of the molecule is CC(=CC=O)CCCC(C)(C)O. The third kappa shape index (κ3) is 7.48. The predicted molar refractivity (Wildman–Crippen MR) is 50.0 cm³/mol. The molecule has 0 atom stereocenters. The van der Waals surface area contributed by atoms with Gasteiger partial charge >= 0.3 is 0 Å². The first-order valence-electron chi connectivity index (χ1n) is 4.29. The molecular weight excluding hydrogens is 152 g/mol. The van der Waals surface area contributed by atoms with Gasteiger partial charge in [0.15, 0.2) is 0 Å². The molecule has 70 valence electrons. The van der Waals surface area contributed by atoms with E-state index in [1.165, 1.54) is 0 Å². The Morgan fingerprint density at radius 3 is 2.50 bits per heavy atom. The van der Waals surface area contributed by atoms with Crippen molar-refractivity contribution >= 4 is 6.29 Å².